The second-order valence-electron chi connectivity index (χ2n) is 4.37. The SMILES string of the molecule is Cc1cc(N)ccc1NC(=O)CSc1cccc(F)c1. The molecule has 0 radical (unpaired) electrons. The van der Waals surface area contributed by atoms with E-state index in [0.717, 1.165) is 16.1 Å². The fourth-order valence-electron chi connectivity index (χ4n) is 1.72. The van der Waals surface area contributed by atoms with Crippen LogP contribution in [0.1, 0.15) is 5.56 Å². The fourth-order valence-corrected chi connectivity index (χ4v) is 2.46. The van der Waals surface area contributed by atoms with Crippen LogP contribution < -0.4 is 11.1 Å². The van der Waals surface area contributed by atoms with Gasteiger partial charge >= 0.3 is 0 Å². The highest BCUT2D eigenvalue weighted by atomic mass is 32.2. The number of aryl methyl sites for hydroxylation is 1. The number of benzene rings is 2. The van der Waals surface area contributed by atoms with E-state index in [4.69, 9.17) is 5.73 Å². The van der Waals surface area contributed by atoms with Crippen LogP contribution in [0.15, 0.2) is 47.4 Å². The maximum atomic E-state index is 13.0. The van der Waals surface area contributed by atoms with Gasteiger partial charge in [0.2, 0.25) is 5.91 Å². The van der Waals surface area contributed by atoms with Crippen LogP contribution in [0.2, 0.25) is 0 Å². The Balaban J connectivity index is 1.92. The molecule has 2 aromatic rings. The normalized spacial score (nSPS) is 10.3. The van der Waals surface area contributed by atoms with E-state index in [1.54, 1.807) is 30.3 Å². The Morgan fingerprint density at radius 3 is 2.80 bits per heavy atom. The number of hydrogen-bond donors (Lipinski definition) is 2. The second-order valence-corrected chi connectivity index (χ2v) is 5.42. The molecule has 104 valence electrons. The van der Waals surface area contributed by atoms with Crippen molar-refractivity contribution in [2.75, 3.05) is 16.8 Å². The lowest BCUT2D eigenvalue weighted by Crippen LogP contribution is -2.14. The van der Waals surface area contributed by atoms with E-state index in [1.807, 2.05) is 6.92 Å². The zero-order valence-corrected chi connectivity index (χ0v) is 11.8. The summed E-state index contributed by atoms with van der Waals surface area (Å²) in [6, 6.07) is 11.5. The first-order valence-electron chi connectivity index (χ1n) is 6.09. The minimum absolute atomic E-state index is 0.132. The van der Waals surface area contributed by atoms with Crippen molar-refractivity contribution in [2.45, 2.75) is 11.8 Å². The molecule has 0 aliphatic carbocycles. The third-order valence-corrected chi connectivity index (χ3v) is 3.68. The molecule has 0 fully saturated rings. The Hall–Kier alpha value is -2.01. The van der Waals surface area contributed by atoms with Crippen molar-refractivity contribution in [1.82, 2.24) is 0 Å². The molecule has 3 nitrogen and oxygen atoms in total. The molecule has 0 aliphatic rings. The van der Waals surface area contributed by atoms with Gasteiger partial charge in [0.05, 0.1) is 5.75 Å². The lowest BCUT2D eigenvalue weighted by atomic mass is 10.2. The van der Waals surface area contributed by atoms with Gasteiger partial charge in [0.25, 0.3) is 0 Å². The molecule has 0 saturated heterocycles. The number of thioether (sulfide) groups is 1. The number of hydrogen-bond acceptors (Lipinski definition) is 3. The van der Waals surface area contributed by atoms with E-state index in [9.17, 15) is 9.18 Å². The number of nitrogens with two attached hydrogens (primary N) is 1. The topological polar surface area (TPSA) is 55.1 Å². The molecule has 2 rings (SSSR count). The Bertz CT molecular complexity index is 631. The minimum Gasteiger partial charge on any atom is -0.399 e. The van der Waals surface area contributed by atoms with Crippen molar-refractivity contribution < 1.29 is 9.18 Å². The number of carbonyl (C=O) groups is 1. The first kappa shape index (κ1) is 14.4. The molecule has 2 aromatic carbocycles. The van der Waals surface area contributed by atoms with Crippen molar-refractivity contribution in [2.24, 2.45) is 0 Å². The molecule has 0 spiro atoms. The summed E-state index contributed by atoms with van der Waals surface area (Å²) in [4.78, 5) is 12.6. The summed E-state index contributed by atoms with van der Waals surface area (Å²) in [5.41, 5.74) is 7.97. The summed E-state index contributed by atoms with van der Waals surface area (Å²) < 4.78 is 13.0. The van der Waals surface area contributed by atoms with Gasteiger partial charge in [-0.15, -0.1) is 11.8 Å². The number of anilines is 2. The molecule has 5 heteroatoms. The standard InChI is InChI=1S/C15H15FN2OS/c1-10-7-12(17)5-6-14(10)18-15(19)9-20-13-4-2-3-11(16)8-13/h2-8H,9,17H2,1H3,(H,18,19). The van der Waals surface area contributed by atoms with Crippen molar-refractivity contribution in [3.05, 3.63) is 53.8 Å². The largest absolute Gasteiger partial charge is 0.399 e. The molecule has 1 amide bonds. The van der Waals surface area contributed by atoms with E-state index < -0.39 is 0 Å². The average Bonchev–Trinajstić information content (AvgIpc) is 2.40. The number of rotatable bonds is 4. The van der Waals surface area contributed by atoms with Gasteiger partial charge in [-0.25, -0.2) is 4.39 Å². The van der Waals surface area contributed by atoms with Crippen molar-refractivity contribution in [1.29, 1.82) is 0 Å². The van der Waals surface area contributed by atoms with Gasteiger partial charge in [0.1, 0.15) is 5.82 Å². The molecule has 0 unspecified atom stereocenters. The van der Waals surface area contributed by atoms with Crippen LogP contribution in [0.5, 0.6) is 0 Å². The van der Waals surface area contributed by atoms with E-state index >= 15 is 0 Å². The Kier molecular flexibility index (Phi) is 4.63. The molecular weight excluding hydrogens is 275 g/mol. The van der Waals surface area contributed by atoms with Crippen LogP contribution in [0, 0.1) is 12.7 Å². The minimum atomic E-state index is -0.301. The highest BCUT2D eigenvalue weighted by Gasteiger charge is 2.06. The Labute approximate surface area is 121 Å². The van der Waals surface area contributed by atoms with E-state index in [2.05, 4.69) is 5.32 Å². The number of amides is 1. The van der Waals surface area contributed by atoms with E-state index in [-0.39, 0.29) is 17.5 Å². The number of halogens is 1. The summed E-state index contributed by atoms with van der Waals surface area (Å²) in [7, 11) is 0. The predicted molar refractivity (Wildman–Crippen MR) is 81.3 cm³/mol. The Morgan fingerprint density at radius 1 is 1.30 bits per heavy atom. The highest BCUT2D eigenvalue weighted by Crippen LogP contribution is 2.21. The number of carbonyl (C=O) groups excluding carboxylic acids is 1. The van der Waals surface area contributed by atoms with Crippen molar-refractivity contribution >= 4 is 29.0 Å². The lowest BCUT2D eigenvalue weighted by Gasteiger charge is -2.09. The first-order valence-corrected chi connectivity index (χ1v) is 7.07. The van der Waals surface area contributed by atoms with Gasteiger partial charge in [0, 0.05) is 16.3 Å². The second kappa shape index (κ2) is 6.43. The molecule has 0 bridgehead atoms. The van der Waals surface area contributed by atoms with Gasteiger partial charge in [-0.2, -0.15) is 0 Å². The van der Waals surface area contributed by atoms with Crippen LogP contribution in [0.25, 0.3) is 0 Å². The summed E-state index contributed by atoms with van der Waals surface area (Å²) >= 11 is 1.29. The summed E-state index contributed by atoms with van der Waals surface area (Å²) in [6.45, 7) is 1.88. The summed E-state index contributed by atoms with van der Waals surface area (Å²) in [5.74, 6) is -0.204. The molecule has 0 aliphatic heterocycles. The number of nitrogens with one attached hydrogen (secondary N) is 1. The molecule has 0 heterocycles. The molecule has 0 saturated carbocycles. The van der Waals surface area contributed by atoms with Gasteiger partial charge in [-0.1, -0.05) is 6.07 Å². The number of nitrogen functional groups attached to an aromatic ring is 1. The summed E-state index contributed by atoms with van der Waals surface area (Å²) in [5, 5.41) is 2.81. The molecular formula is C15H15FN2OS. The maximum absolute atomic E-state index is 13.0. The predicted octanol–water partition coefficient (Wildman–Crippen LogP) is 3.45. The van der Waals surface area contributed by atoms with Crippen LogP contribution in [-0.2, 0) is 4.79 Å². The Morgan fingerprint density at radius 2 is 2.10 bits per heavy atom. The maximum Gasteiger partial charge on any atom is 0.234 e. The monoisotopic (exact) mass is 290 g/mol. The van der Waals surface area contributed by atoms with Crippen LogP contribution >= 0.6 is 11.8 Å². The first-order chi connectivity index (χ1) is 9.54. The van der Waals surface area contributed by atoms with Crippen molar-refractivity contribution in [3.63, 3.8) is 0 Å². The van der Waals surface area contributed by atoms with Gasteiger partial charge in [-0.05, 0) is 48.9 Å². The van der Waals surface area contributed by atoms with Crippen molar-refractivity contribution in [3.8, 4) is 0 Å². The van der Waals surface area contributed by atoms with Gasteiger partial charge in [-0.3, -0.25) is 4.79 Å². The third-order valence-electron chi connectivity index (χ3n) is 2.69. The van der Waals surface area contributed by atoms with Gasteiger partial charge < -0.3 is 11.1 Å². The quantitative estimate of drug-likeness (QED) is 0.670. The van der Waals surface area contributed by atoms with Crippen LogP contribution in [0.3, 0.4) is 0 Å². The highest BCUT2D eigenvalue weighted by molar-refractivity contribution is 8.00. The lowest BCUT2D eigenvalue weighted by molar-refractivity contribution is -0.113. The summed E-state index contributed by atoms with van der Waals surface area (Å²) in [6.07, 6.45) is 0. The average molecular weight is 290 g/mol. The van der Waals surface area contributed by atoms with E-state index in [0.29, 0.717) is 5.69 Å². The fraction of sp³-hybridized carbons (Fsp3) is 0.133. The molecule has 20 heavy (non-hydrogen) atoms. The molecule has 3 N–H and O–H groups in total. The third kappa shape index (κ3) is 3.99. The van der Waals surface area contributed by atoms with Crippen LogP contribution in [-0.4, -0.2) is 11.7 Å². The van der Waals surface area contributed by atoms with Crippen LogP contribution in [0.4, 0.5) is 15.8 Å². The smallest absolute Gasteiger partial charge is 0.234 e. The molecule has 0 atom stereocenters. The van der Waals surface area contributed by atoms with Gasteiger partial charge in [0.15, 0.2) is 0 Å². The van der Waals surface area contributed by atoms with E-state index in [1.165, 1.54) is 23.9 Å². The molecule has 0 aromatic heterocycles. The zero-order valence-electron chi connectivity index (χ0n) is 11.0. The zero-order chi connectivity index (χ0) is 14.5.